The van der Waals surface area contributed by atoms with E-state index in [1.165, 1.54) is 0 Å². The maximum Gasteiger partial charge on any atom is 0.337 e. The van der Waals surface area contributed by atoms with E-state index in [1.54, 1.807) is 6.08 Å². The lowest BCUT2D eigenvalue weighted by molar-refractivity contribution is -0.151. The molecule has 0 atom stereocenters. The Morgan fingerprint density at radius 1 is 1.43 bits per heavy atom. The molecule has 0 saturated carbocycles. The third kappa shape index (κ3) is 6.39. The van der Waals surface area contributed by atoms with Gasteiger partial charge in [-0.3, -0.25) is 0 Å². The highest BCUT2D eigenvalue weighted by molar-refractivity contribution is 5.87. The molecule has 0 spiro atoms. The molecular weight excluding hydrogens is 184 g/mol. The number of hydrogen-bond donors (Lipinski definition) is 0. The third-order valence-electron chi connectivity index (χ3n) is 1.28. The van der Waals surface area contributed by atoms with E-state index in [0.717, 1.165) is 0 Å². The minimum atomic E-state index is -0.498. The molecule has 0 saturated heterocycles. The predicted molar refractivity (Wildman–Crippen MR) is 52.7 cm³/mol. The first-order valence-corrected chi connectivity index (χ1v) is 4.33. The molecule has 4 heteroatoms. The Balaban J connectivity index is 3.55. The molecule has 0 amide bonds. The van der Waals surface area contributed by atoms with Crippen LogP contribution >= 0.6 is 0 Å². The van der Waals surface area contributed by atoms with Gasteiger partial charge in [-0.1, -0.05) is 12.7 Å². The molecule has 0 fully saturated rings. The van der Waals surface area contributed by atoms with E-state index in [-0.39, 0.29) is 19.0 Å². The zero-order valence-electron chi connectivity index (χ0n) is 8.45. The van der Waals surface area contributed by atoms with Crippen LogP contribution < -0.4 is 0 Å². The van der Waals surface area contributed by atoms with Gasteiger partial charge in [0.2, 0.25) is 0 Å². The van der Waals surface area contributed by atoms with Crippen LogP contribution in [0.1, 0.15) is 6.92 Å². The van der Waals surface area contributed by atoms with Gasteiger partial charge in [-0.25, -0.2) is 4.79 Å². The van der Waals surface area contributed by atoms with Crippen LogP contribution in [0.2, 0.25) is 0 Å². The molecule has 0 aromatic heterocycles. The second-order valence-corrected chi connectivity index (χ2v) is 2.45. The number of esters is 1. The van der Waals surface area contributed by atoms with E-state index < -0.39 is 5.97 Å². The maximum absolute atomic E-state index is 11.1. The van der Waals surface area contributed by atoms with E-state index in [1.807, 2.05) is 6.92 Å². The van der Waals surface area contributed by atoms with Crippen molar-refractivity contribution in [1.29, 1.82) is 0 Å². The Labute approximate surface area is 84.1 Å². The second kappa shape index (κ2) is 8.47. The molecule has 0 bridgehead atoms. The second-order valence-electron chi connectivity index (χ2n) is 2.45. The summed E-state index contributed by atoms with van der Waals surface area (Å²) in [5.41, 5.74) is 0.270. The molecular formula is C10H16O4. The van der Waals surface area contributed by atoms with E-state index >= 15 is 0 Å². The summed E-state index contributed by atoms with van der Waals surface area (Å²) in [6.07, 6.45) is 1.60. The molecule has 0 aliphatic carbocycles. The normalized spacial score (nSPS) is 9.50. The Morgan fingerprint density at radius 2 is 2.14 bits per heavy atom. The summed E-state index contributed by atoms with van der Waals surface area (Å²) in [4.78, 5) is 11.1. The van der Waals surface area contributed by atoms with Crippen molar-refractivity contribution in [2.45, 2.75) is 6.92 Å². The van der Waals surface area contributed by atoms with Crippen molar-refractivity contribution in [1.82, 2.24) is 0 Å². The van der Waals surface area contributed by atoms with Crippen LogP contribution in [0.4, 0.5) is 0 Å². The van der Waals surface area contributed by atoms with E-state index in [2.05, 4.69) is 13.2 Å². The summed E-state index contributed by atoms with van der Waals surface area (Å²) in [5, 5.41) is 0. The number of carbonyl (C=O) groups excluding carboxylic acids is 1. The maximum atomic E-state index is 11.1. The molecule has 0 aromatic rings. The van der Waals surface area contributed by atoms with Crippen molar-refractivity contribution in [3.8, 4) is 0 Å². The molecule has 0 aromatic carbocycles. The van der Waals surface area contributed by atoms with Crippen LogP contribution in [-0.4, -0.2) is 32.6 Å². The lowest BCUT2D eigenvalue weighted by atomic mass is 10.3. The highest BCUT2D eigenvalue weighted by atomic mass is 16.7. The fraction of sp³-hybridized carbons (Fsp3) is 0.500. The van der Waals surface area contributed by atoms with Gasteiger partial charge in [-0.2, -0.15) is 0 Å². The first-order valence-electron chi connectivity index (χ1n) is 4.33. The predicted octanol–water partition coefficient (Wildman–Crippen LogP) is 1.28. The van der Waals surface area contributed by atoms with E-state index in [4.69, 9.17) is 14.2 Å². The van der Waals surface area contributed by atoms with Crippen molar-refractivity contribution in [3.05, 3.63) is 24.8 Å². The fourth-order valence-corrected chi connectivity index (χ4v) is 0.605. The summed E-state index contributed by atoms with van der Waals surface area (Å²) < 4.78 is 14.6. The smallest absolute Gasteiger partial charge is 0.337 e. The molecule has 0 N–H and O–H groups in total. The third-order valence-corrected chi connectivity index (χ3v) is 1.28. The van der Waals surface area contributed by atoms with Crippen LogP contribution in [-0.2, 0) is 19.0 Å². The Kier molecular flexibility index (Phi) is 7.78. The molecule has 0 radical (unpaired) electrons. The Hall–Kier alpha value is -1.13. The minimum absolute atomic E-state index is 0.0458. The first kappa shape index (κ1) is 12.9. The summed E-state index contributed by atoms with van der Waals surface area (Å²) in [7, 11) is 0. The Morgan fingerprint density at radius 3 is 2.71 bits per heavy atom. The van der Waals surface area contributed by atoms with Gasteiger partial charge in [0, 0.05) is 6.61 Å². The number of rotatable bonds is 8. The molecule has 0 rings (SSSR count). The highest BCUT2D eigenvalue weighted by Gasteiger charge is 2.07. The zero-order valence-corrected chi connectivity index (χ0v) is 8.45. The summed E-state index contributed by atoms with van der Waals surface area (Å²) in [5.74, 6) is -0.498. The summed E-state index contributed by atoms with van der Waals surface area (Å²) >= 11 is 0. The highest BCUT2D eigenvalue weighted by Crippen LogP contribution is 1.96. The van der Waals surface area contributed by atoms with Crippen LogP contribution in [0.3, 0.4) is 0 Å². The monoisotopic (exact) mass is 200 g/mol. The van der Waals surface area contributed by atoms with Gasteiger partial charge in [-0.05, 0) is 6.92 Å². The van der Waals surface area contributed by atoms with Crippen molar-refractivity contribution < 1.29 is 19.0 Å². The van der Waals surface area contributed by atoms with Gasteiger partial charge in [-0.15, -0.1) is 6.58 Å². The van der Waals surface area contributed by atoms with Gasteiger partial charge in [0.15, 0.2) is 6.79 Å². The van der Waals surface area contributed by atoms with Crippen LogP contribution in [0, 0.1) is 0 Å². The molecule has 4 nitrogen and oxygen atoms in total. The quantitative estimate of drug-likeness (QED) is 0.195. The van der Waals surface area contributed by atoms with Crippen LogP contribution in [0.25, 0.3) is 0 Å². The fourth-order valence-electron chi connectivity index (χ4n) is 0.605. The molecule has 0 aliphatic heterocycles. The van der Waals surface area contributed by atoms with Gasteiger partial charge >= 0.3 is 5.97 Å². The lowest BCUT2D eigenvalue weighted by Crippen LogP contribution is -2.14. The van der Waals surface area contributed by atoms with E-state index in [0.29, 0.717) is 13.2 Å². The van der Waals surface area contributed by atoms with Crippen molar-refractivity contribution in [2.24, 2.45) is 0 Å². The molecule has 0 aliphatic rings. The van der Waals surface area contributed by atoms with Crippen molar-refractivity contribution >= 4 is 5.97 Å². The lowest BCUT2D eigenvalue weighted by Gasteiger charge is -2.06. The first-order chi connectivity index (χ1) is 6.72. The number of ether oxygens (including phenoxy) is 3. The van der Waals surface area contributed by atoms with Gasteiger partial charge in [0.25, 0.3) is 0 Å². The topological polar surface area (TPSA) is 44.8 Å². The largest absolute Gasteiger partial charge is 0.435 e. The standard InChI is InChI=1S/C10H16O4/c1-4-6-13-7-9(3)10(11)14-8-12-5-2/h4H,1,3,5-8H2,2H3. The van der Waals surface area contributed by atoms with Crippen molar-refractivity contribution in [3.63, 3.8) is 0 Å². The average Bonchev–Trinajstić information content (AvgIpc) is 2.18. The SMILES string of the molecule is C=CCOCC(=C)C(=O)OCOCC. The van der Waals surface area contributed by atoms with Gasteiger partial charge in [0.1, 0.15) is 0 Å². The molecule has 80 valence electrons. The van der Waals surface area contributed by atoms with Crippen LogP contribution in [0.5, 0.6) is 0 Å². The van der Waals surface area contributed by atoms with E-state index in [9.17, 15) is 4.79 Å². The number of carbonyl (C=O) groups is 1. The molecule has 14 heavy (non-hydrogen) atoms. The summed E-state index contributed by atoms with van der Waals surface area (Å²) in [6, 6.07) is 0. The van der Waals surface area contributed by atoms with Crippen molar-refractivity contribution in [2.75, 3.05) is 26.6 Å². The Bertz CT molecular complexity index is 198. The van der Waals surface area contributed by atoms with Gasteiger partial charge < -0.3 is 14.2 Å². The number of hydrogen-bond acceptors (Lipinski definition) is 4. The minimum Gasteiger partial charge on any atom is -0.435 e. The molecule has 0 unspecified atom stereocenters. The van der Waals surface area contributed by atoms with Crippen LogP contribution in [0.15, 0.2) is 24.8 Å². The van der Waals surface area contributed by atoms with Gasteiger partial charge in [0.05, 0.1) is 18.8 Å². The average molecular weight is 200 g/mol. The zero-order chi connectivity index (χ0) is 10.8. The molecule has 0 heterocycles. The summed E-state index contributed by atoms with van der Waals surface area (Å²) in [6.45, 7) is 9.80.